The Hall–Kier alpha value is -0.170. The van der Waals surface area contributed by atoms with Gasteiger partial charge in [-0.25, -0.2) is 8.42 Å². The normalized spacial score (nSPS) is 17.9. The van der Waals surface area contributed by atoms with E-state index in [0.29, 0.717) is 6.42 Å². The Bertz CT molecular complexity index is 362. The maximum atomic E-state index is 10.1. The number of rotatable bonds is 12. The molecule has 0 amide bonds. The molecule has 2 heterocycles. The van der Waals surface area contributed by atoms with E-state index < -0.39 is 10.4 Å². The smallest absolute Gasteiger partial charge is 0.217 e. The van der Waals surface area contributed by atoms with Crippen LogP contribution in [0.2, 0.25) is 0 Å². The minimum absolute atomic E-state index is 0.0301. The first-order valence-electron chi connectivity index (χ1n) is 8.93. The molecule has 22 heavy (non-hydrogen) atoms. The van der Waals surface area contributed by atoms with Gasteiger partial charge in [-0.1, -0.05) is 64.7 Å². The molecule has 2 aliphatic rings. The summed E-state index contributed by atoms with van der Waals surface area (Å²) < 4.78 is 36.0. The number of nitrogens with zero attached hydrogens (tertiary/aromatic N) is 1. The Morgan fingerprint density at radius 2 is 1.23 bits per heavy atom. The van der Waals surface area contributed by atoms with E-state index in [9.17, 15) is 13.0 Å². The van der Waals surface area contributed by atoms with Gasteiger partial charge in [0, 0.05) is 0 Å². The minimum atomic E-state index is -4.48. The van der Waals surface area contributed by atoms with E-state index in [4.69, 9.17) is 0 Å². The Labute approximate surface area is 136 Å². The monoisotopic (exact) mass is 335 g/mol. The molecule has 2 rings (SSSR count). The summed E-state index contributed by atoms with van der Waals surface area (Å²) in [6.45, 7) is 8.24. The maximum Gasteiger partial charge on any atom is 0.217 e. The molecule has 0 bridgehead atoms. The largest absolute Gasteiger partial charge is 0.726 e. The summed E-state index contributed by atoms with van der Waals surface area (Å²) in [5, 5.41) is 0. The molecule has 0 aromatic rings. The minimum Gasteiger partial charge on any atom is -0.726 e. The molecule has 0 radical (unpaired) electrons. The van der Waals surface area contributed by atoms with Gasteiger partial charge in [-0.15, -0.1) is 0 Å². The van der Waals surface area contributed by atoms with Crippen LogP contribution in [0.1, 0.15) is 71.1 Å². The van der Waals surface area contributed by atoms with E-state index >= 15 is 0 Å². The summed E-state index contributed by atoms with van der Waals surface area (Å²) >= 11 is 0. The van der Waals surface area contributed by atoms with Crippen LogP contribution in [-0.2, 0) is 14.6 Å². The first-order valence-corrected chi connectivity index (χ1v) is 10.3. The van der Waals surface area contributed by atoms with Gasteiger partial charge < -0.3 is 9.04 Å². The van der Waals surface area contributed by atoms with E-state index in [1.54, 1.807) is 0 Å². The van der Waals surface area contributed by atoms with Crippen molar-refractivity contribution in [1.29, 1.82) is 0 Å². The predicted molar refractivity (Wildman–Crippen MR) is 87.2 cm³/mol. The summed E-state index contributed by atoms with van der Waals surface area (Å²) in [5.41, 5.74) is 0. The van der Waals surface area contributed by atoms with E-state index in [1.165, 1.54) is 75.6 Å². The highest BCUT2D eigenvalue weighted by molar-refractivity contribution is 7.80. The molecule has 0 saturated carbocycles. The summed E-state index contributed by atoms with van der Waals surface area (Å²) in [6, 6.07) is 0. The van der Waals surface area contributed by atoms with Gasteiger partial charge in [0.1, 0.15) is 26.2 Å². The second kappa shape index (κ2) is 10.6. The molecule has 0 atom stereocenters. The topological polar surface area (TPSA) is 66.4 Å². The second-order valence-corrected chi connectivity index (χ2v) is 7.70. The van der Waals surface area contributed by atoms with Crippen molar-refractivity contribution < 1.29 is 21.6 Å². The van der Waals surface area contributed by atoms with Crippen LogP contribution in [0.3, 0.4) is 0 Å². The van der Waals surface area contributed by atoms with Gasteiger partial charge in [0.2, 0.25) is 10.4 Å². The van der Waals surface area contributed by atoms with Gasteiger partial charge in [0.25, 0.3) is 0 Å². The van der Waals surface area contributed by atoms with Crippen LogP contribution in [0.5, 0.6) is 0 Å². The van der Waals surface area contributed by atoms with Crippen molar-refractivity contribution in [3.63, 3.8) is 0 Å². The average molecular weight is 336 g/mol. The van der Waals surface area contributed by atoms with Gasteiger partial charge >= 0.3 is 0 Å². The Kier molecular flexibility index (Phi) is 9.55. The summed E-state index contributed by atoms with van der Waals surface area (Å²) in [6.07, 6.45) is 11.7. The lowest BCUT2D eigenvalue weighted by molar-refractivity contribution is -0.648. The van der Waals surface area contributed by atoms with Crippen molar-refractivity contribution in [2.45, 2.75) is 71.1 Å². The van der Waals surface area contributed by atoms with Crippen LogP contribution < -0.4 is 0 Å². The maximum absolute atomic E-state index is 10.1. The van der Waals surface area contributed by atoms with E-state index in [-0.39, 0.29) is 6.61 Å². The van der Waals surface area contributed by atoms with Crippen molar-refractivity contribution in [2.75, 3.05) is 32.8 Å². The lowest BCUT2D eigenvalue weighted by atomic mass is 10.1. The van der Waals surface area contributed by atoms with Crippen molar-refractivity contribution >= 4 is 10.4 Å². The van der Waals surface area contributed by atoms with E-state index in [1.807, 2.05) is 0 Å². The molecule has 0 aromatic heterocycles. The Morgan fingerprint density at radius 1 is 0.818 bits per heavy atom. The van der Waals surface area contributed by atoms with Gasteiger partial charge in [0.15, 0.2) is 0 Å². The highest BCUT2D eigenvalue weighted by Gasteiger charge is 2.54. The van der Waals surface area contributed by atoms with Crippen LogP contribution in [0.4, 0.5) is 0 Å². The zero-order valence-electron chi connectivity index (χ0n) is 14.1. The predicted octanol–water partition coefficient (Wildman–Crippen LogP) is 3.21. The van der Waals surface area contributed by atoms with Gasteiger partial charge in [0.05, 0.1) is 6.61 Å². The first kappa shape index (κ1) is 19.9. The fourth-order valence-corrected chi connectivity index (χ4v) is 2.80. The Balaban J connectivity index is 0.000000391. The highest BCUT2D eigenvalue weighted by atomic mass is 32.3. The standard InChI is InChI=1S/C12H26O4S.C4H8N/c1-2-3-4-5-6-7-8-9-10-11-12-16-17(13,14)15;1-2-5(1)3-4-5/h2-12H2,1H3,(H,13,14,15);1-4H2/q;+1/p-1. The average Bonchev–Trinajstić information content (AvgIpc) is 3.38. The SMILES string of the molecule is C1C[N+]12CC2.CCCCCCCCCCCCOS(=O)(=O)[O-]. The third kappa shape index (κ3) is 12.4. The molecule has 1 spiro atoms. The number of hydrogen-bond acceptors (Lipinski definition) is 4. The van der Waals surface area contributed by atoms with E-state index in [0.717, 1.165) is 12.8 Å². The third-order valence-corrected chi connectivity index (χ3v) is 4.89. The van der Waals surface area contributed by atoms with Gasteiger partial charge in [-0.3, -0.25) is 4.18 Å². The summed E-state index contributed by atoms with van der Waals surface area (Å²) in [5.74, 6) is 0. The van der Waals surface area contributed by atoms with Crippen LogP contribution in [0.15, 0.2) is 0 Å². The lowest BCUT2D eigenvalue weighted by Crippen LogP contribution is -2.05. The van der Waals surface area contributed by atoms with Crippen molar-refractivity contribution in [3.8, 4) is 0 Å². The molecule has 0 unspecified atom stereocenters. The molecule has 2 saturated heterocycles. The molecule has 2 fully saturated rings. The molecule has 2 aliphatic heterocycles. The zero-order chi connectivity index (χ0) is 16.3. The van der Waals surface area contributed by atoms with E-state index in [2.05, 4.69) is 11.1 Å². The number of quaternary nitrogens is 1. The molecule has 0 aromatic carbocycles. The summed E-state index contributed by atoms with van der Waals surface area (Å²) in [4.78, 5) is 0. The number of unbranched alkanes of at least 4 members (excludes halogenated alkanes) is 9. The van der Waals surface area contributed by atoms with Crippen molar-refractivity contribution in [2.24, 2.45) is 0 Å². The fourth-order valence-electron chi connectivity index (χ4n) is 2.48. The second-order valence-electron chi connectivity index (χ2n) is 6.65. The zero-order valence-corrected chi connectivity index (χ0v) is 14.9. The fraction of sp³-hybridized carbons (Fsp3) is 1.00. The van der Waals surface area contributed by atoms with Gasteiger partial charge in [-0.05, 0) is 6.42 Å². The third-order valence-electron chi connectivity index (χ3n) is 4.44. The Morgan fingerprint density at radius 3 is 1.55 bits per heavy atom. The van der Waals surface area contributed by atoms with Crippen molar-refractivity contribution in [3.05, 3.63) is 0 Å². The van der Waals surface area contributed by atoms with Gasteiger partial charge in [-0.2, -0.15) is 0 Å². The van der Waals surface area contributed by atoms with Crippen LogP contribution in [0, 0.1) is 0 Å². The molecule has 0 N–H and O–H groups in total. The summed E-state index contributed by atoms with van der Waals surface area (Å²) in [7, 11) is -4.48. The quantitative estimate of drug-likeness (QED) is 0.181. The molecule has 132 valence electrons. The molecular weight excluding hydrogens is 302 g/mol. The highest BCUT2D eigenvalue weighted by Crippen LogP contribution is 2.31. The molecule has 5 nitrogen and oxygen atoms in total. The molecular formula is C16H33NO4S. The lowest BCUT2D eigenvalue weighted by Gasteiger charge is -2.06. The van der Waals surface area contributed by atoms with Crippen LogP contribution in [-0.4, -0.2) is 50.2 Å². The number of hydrogen-bond donors (Lipinski definition) is 0. The molecule has 0 aliphatic carbocycles. The van der Waals surface area contributed by atoms with Crippen LogP contribution in [0.25, 0.3) is 0 Å². The molecule has 6 heteroatoms. The van der Waals surface area contributed by atoms with Crippen molar-refractivity contribution in [1.82, 2.24) is 0 Å². The van der Waals surface area contributed by atoms with Crippen LogP contribution >= 0.6 is 0 Å². The first-order chi connectivity index (χ1) is 10.5.